The van der Waals surface area contributed by atoms with Gasteiger partial charge in [0.1, 0.15) is 35.1 Å². The van der Waals surface area contributed by atoms with E-state index in [-0.39, 0.29) is 16.9 Å². The molecule has 1 saturated heterocycles. The molecule has 0 saturated carbocycles. The molecule has 6 unspecified atom stereocenters. The number of fused-ring (bicyclic) bond motifs is 3. The average molecular weight is 777 g/mol. The second kappa shape index (κ2) is 14.2. The molecule has 5 N–H and O–H groups in total. The number of halogens is 6. The Morgan fingerprint density at radius 1 is 0.944 bits per heavy atom. The second-order valence-electron chi connectivity index (χ2n) is 12.7. The number of hydrogen-bond donors (Lipinski definition) is 5. The molecule has 54 heavy (non-hydrogen) atoms. The van der Waals surface area contributed by atoms with Crippen molar-refractivity contribution in [1.29, 1.82) is 0 Å². The van der Waals surface area contributed by atoms with Gasteiger partial charge in [-0.1, -0.05) is 12.1 Å². The third-order valence-electron chi connectivity index (χ3n) is 9.18. The normalized spacial score (nSPS) is 25.1. The maximum absolute atomic E-state index is 13.9. The molecule has 0 aromatic heterocycles. The van der Waals surface area contributed by atoms with Crippen molar-refractivity contribution < 1.29 is 89.4 Å². The van der Waals surface area contributed by atoms with Crippen LogP contribution in [0, 0.1) is 0 Å². The number of ketones is 3. The SMILES string of the molecule is COc1cccc2c1C(=O)c1c(O)c3c(c(O)c1C2=O)CC(O)(C(C)=O)CC3OC1CC(NC(=O)C(F)(F)F)C(OC(C)=O)C(CNC(=O)C(F)(F)F)O1. The fraction of sp³-hybridized carbons (Fsp3) is 0.455. The minimum Gasteiger partial charge on any atom is -0.507 e. The van der Waals surface area contributed by atoms with Gasteiger partial charge in [0.25, 0.3) is 0 Å². The van der Waals surface area contributed by atoms with Crippen LogP contribution in [0.4, 0.5) is 26.3 Å². The molecule has 2 aromatic carbocycles. The molecule has 2 amide bonds. The van der Waals surface area contributed by atoms with Crippen molar-refractivity contribution in [2.45, 2.75) is 81.7 Å². The molecular formula is C33H30F6N2O13. The number of ether oxygens (including phenoxy) is 4. The van der Waals surface area contributed by atoms with Gasteiger partial charge in [0.15, 0.2) is 17.9 Å². The molecule has 2 aliphatic carbocycles. The summed E-state index contributed by atoms with van der Waals surface area (Å²) in [4.78, 5) is 75.9. The van der Waals surface area contributed by atoms with Crippen LogP contribution >= 0.6 is 0 Å². The summed E-state index contributed by atoms with van der Waals surface area (Å²) in [5.74, 6) is -11.2. The van der Waals surface area contributed by atoms with Gasteiger partial charge >= 0.3 is 30.1 Å². The quantitative estimate of drug-likeness (QED) is 0.126. The lowest BCUT2D eigenvalue weighted by Crippen LogP contribution is -2.61. The van der Waals surface area contributed by atoms with Crippen molar-refractivity contribution in [1.82, 2.24) is 10.6 Å². The minimum absolute atomic E-state index is 0.0830. The number of rotatable bonds is 8. The zero-order valence-corrected chi connectivity index (χ0v) is 28.1. The summed E-state index contributed by atoms with van der Waals surface area (Å²) in [6.07, 6.45) is -21.2. The summed E-state index contributed by atoms with van der Waals surface area (Å²) < 4.78 is 101. The van der Waals surface area contributed by atoms with E-state index in [0.29, 0.717) is 0 Å². The molecular weight excluding hydrogens is 746 g/mol. The van der Waals surface area contributed by atoms with Gasteiger partial charge in [-0.15, -0.1) is 0 Å². The van der Waals surface area contributed by atoms with Crippen LogP contribution in [-0.2, 0) is 39.8 Å². The van der Waals surface area contributed by atoms with Crippen LogP contribution in [0.2, 0.25) is 0 Å². The van der Waals surface area contributed by atoms with Crippen molar-refractivity contribution in [3.8, 4) is 17.2 Å². The average Bonchev–Trinajstić information content (AvgIpc) is 3.07. The number of hydrogen-bond acceptors (Lipinski definition) is 13. The Balaban J connectivity index is 1.62. The number of methoxy groups -OCH3 is 1. The van der Waals surface area contributed by atoms with Gasteiger partial charge in [0.2, 0.25) is 5.78 Å². The predicted molar refractivity (Wildman–Crippen MR) is 163 cm³/mol. The molecule has 0 spiro atoms. The summed E-state index contributed by atoms with van der Waals surface area (Å²) in [6.45, 7) is 0.538. The fourth-order valence-electron chi connectivity index (χ4n) is 6.70. The summed E-state index contributed by atoms with van der Waals surface area (Å²) >= 11 is 0. The molecule has 0 radical (unpaired) electrons. The van der Waals surface area contributed by atoms with Crippen LogP contribution in [0.5, 0.6) is 17.2 Å². The molecule has 1 aliphatic heterocycles. The Morgan fingerprint density at radius 2 is 1.57 bits per heavy atom. The first-order valence-corrected chi connectivity index (χ1v) is 15.8. The number of nitrogens with one attached hydrogen (secondary N) is 2. The number of aromatic hydroxyl groups is 2. The molecule has 5 rings (SSSR count). The Labute approximate surface area is 299 Å². The third kappa shape index (κ3) is 7.29. The molecule has 15 nitrogen and oxygen atoms in total. The molecule has 292 valence electrons. The maximum Gasteiger partial charge on any atom is 0.471 e. The number of phenols is 2. The van der Waals surface area contributed by atoms with Crippen molar-refractivity contribution in [3.63, 3.8) is 0 Å². The van der Waals surface area contributed by atoms with E-state index >= 15 is 0 Å². The first-order chi connectivity index (χ1) is 25.0. The molecule has 0 bridgehead atoms. The Hall–Kier alpha value is -5.28. The van der Waals surface area contributed by atoms with Gasteiger partial charge in [-0.05, 0) is 13.0 Å². The van der Waals surface area contributed by atoms with Crippen LogP contribution in [-0.4, -0.2) is 107 Å². The summed E-state index contributed by atoms with van der Waals surface area (Å²) in [5, 5.41) is 37.5. The zero-order valence-electron chi connectivity index (χ0n) is 28.1. The van der Waals surface area contributed by atoms with Gasteiger partial charge in [-0.3, -0.25) is 28.8 Å². The van der Waals surface area contributed by atoms with Crippen molar-refractivity contribution >= 4 is 35.1 Å². The van der Waals surface area contributed by atoms with Crippen LogP contribution in [0.1, 0.15) is 75.8 Å². The number of Topliss-reactive ketones (excluding diaryl/α,β-unsaturated/α-hetero) is 1. The van der Waals surface area contributed by atoms with E-state index in [9.17, 15) is 70.4 Å². The monoisotopic (exact) mass is 776 g/mol. The van der Waals surface area contributed by atoms with E-state index < -0.39 is 143 Å². The smallest absolute Gasteiger partial charge is 0.471 e. The molecule has 3 aliphatic rings. The van der Waals surface area contributed by atoms with Crippen molar-refractivity contribution in [2.24, 2.45) is 0 Å². The van der Waals surface area contributed by atoms with E-state index in [4.69, 9.17) is 18.9 Å². The molecule has 6 atom stereocenters. The number of aliphatic hydroxyl groups is 1. The van der Waals surface area contributed by atoms with E-state index in [1.165, 1.54) is 30.6 Å². The van der Waals surface area contributed by atoms with E-state index in [0.717, 1.165) is 13.8 Å². The van der Waals surface area contributed by atoms with Crippen LogP contribution in [0.25, 0.3) is 0 Å². The first kappa shape index (κ1) is 39.9. The fourth-order valence-corrected chi connectivity index (χ4v) is 6.70. The first-order valence-electron chi connectivity index (χ1n) is 15.8. The molecule has 1 fully saturated rings. The van der Waals surface area contributed by atoms with Crippen molar-refractivity contribution in [2.75, 3.05) is 13.7 Å². The van der Waals surface area contributed by atoms with Gasteiger partial charge in [0, 0.05) is 49.4 Å². The highest BCUT2D eigenvalue weighted by Gasteiger charge is 2.52. The number of esters is 1. The van der Waals surface area contributed by atoms with Gasteiger partial charge in [-0.25, -0.2) is 0 Å². The van der Waals surface area contributed by atoms with Crippen LogP contribution in [0.15, 0.2) is 18.2 Å². The number of amides is 2. The van der Waals surface area contributed by atoms with E-state index in [1.807, 2.05) is 0 Å². The number of phenolic OH excluding ortho intramolecular Hbond substituents is 2. The van der Waals surface area contributed by atoms with E-state index in [2.05, 4.69) is 0 Å². The van der Waals surface area contributed by atoms with Gasteiger partial charge in [0.05, 0.1) is 35.9 Å². The predicted octanol–water partition coefficient (Wildman–Crippen LogP) is 1.98. The third-order valence-corrected chi connectivity index (χ3v) is 9.18. The maximum atomic E-state index is 13.9. The van der Waals surface area contributed by atoms with E-state index in [1.54, 1.807) is 5.32 Å². The molecule has 2 aromatic rings. The second-order valence-corrected chi connectivity index (χ2v) is 12.7. The summed E-state index contributed by atoms with van der Waals surface area (Å²) in [6, 6.07) is 2.02. The largest absolute Gasteiger partial charge is 0.507 e. The van der Waals surface area contributed by atoms with Crippen LogP contribution in [0.3, 0.4) is 0 Å². The number of benzene rings is 2. The van der Waals surface area contributed by atoms with Crippen LogP contribution < -0.4 is 15.4 Å². The standard InChI is InChI=1S/C33H30F6N2O13/c1-11(42)31(50)8-14-21(27(47)23-22(25(14)45)24(44)13-5-4-6-16(51-3)20(13)26(23)46)17(9-31)53-19-7-15(41-30(49)33(37,38)39)28(52-12(2)43)18(54-19)10-40-29(48)32(34,35)36/h4-6,15,17-19,28,45,47,50H,7-10H2,1-3H3,(H,40,48)(H,41,49). The summed E-state index contributed by atoms with van der Waals surface area (Å²) in [7, 11) is 1.20. The highest BCUT2D eigenvalue weighted by atomic mass is 19.4. The number of carbonyl (C=O) groups is 6. The lowest BCUT2D eigenvalue weighted by Gasteiger charge is -2.44. The highest BCUT2D eigenvalue weighted by molar-refractivity contribution is 6.31. The Bertz CT molecular complexity index is 1950. The highest BCUT2D eigenvalue weighted by Crippen LogP contribution is 2.52. The lowest BCUT2D eigenvalue weighted by molar-refractivity contribution is -0.257. The molecule has 21 heteroatoms. The molecule has 1 heterocycles. The Kier molecular flexibility index (Phi) is 10.5. The minimum atomic E-state index is -5.52. The van der Waals surface area contributed by atoms with Gasteiger partial charge < -0.3 is 44.9 Å². The summed E-state index contributed by atoms with van der Waals surface area (Å²) in [5.41, 5.74) is -5.33. The lowest BCUT2D eigenvalue weighted by atomic mass is 9.72. The number of carbonyl (C=O) groups excluding carboxylic acids is 6. The van der Waals surface area contributed by atoms with Crippen molar-refractivity contribution in [3.05, 3.63) is 51.6 Å². The Morgan fingerprint density at radius 3 is 2.15 bits per heavy atom. The zero-order chi connectivity index (χ0) is 40.2. The topological polar surface area (TPSA) is 224 Å². The number of alkyl halides is 6. The van der Waals surface area contributed by atoms with Gasteiger partial charge in [-0.2, -0.15) is 26.3 Å².